The monoisotopic (exact) mass is 347 g/mol. The molecule has 24 heavy (non-hydrogen) atoms. The second-order valence-electron chi connectivity index (χ2n) is 6.81. The number of nitrogens with two attached hydrogens (primary N) is 1. The molecule has 3 N–H and O–H groups in total. The van der Waals surface area contributed by atoms with Crippen molar-refractivity contribution in [3.8, 4) is 10.6 Å². The molecule has 6 heteroatoms. The molecule has 2 rings (SSSR count). The van der Waals surface area contributed by atoms with Crippen molar-refractivity contribution in [2.45, 2.75) is 45.8 Å². The van der Waals surface area contributed by atoms with Crippen molar-refractivity contribution in [2.75, 3.05) is 6.54 Å². The van der Waals surface area contributed by atoms with Gasteiger partial charge >= 0.3 is 6.09 Å². The van der Waals surface area contributed by atoms with Gasteiger partial charge in [0.1, 0.15) is 5.60 Å². The van der Waals surface area contributed by atoms with Gasteiger partial charge in [0.2, 0.25) is 0 Å². The number of nitrogens with one attached hydrogen (secondary N) is 1. The van der Waals surface area contributed by atoms with Gasteiger partial charge < -0.3 is 15.8 Å². The van der Waals surface area contributed by atoms with Crippen LogP contribution >= 0.6 is 11.3 Å². The number of thiophene rings is 1. The van der Waals surface area contributed by atoms with Crippen LogP contribution in [0.15, 0.2) is 30.5 Å². The predicted molar refractivity (Wildman–Crippen MR) is 98.2 cm³/mol. The van der Waals surface area contributed by atoms with Gasteiger partial charge in [0, 0.05) is 23.7 Å². The Morgan fingerprint density at radius 3 is 2.62 bits per heavy atom. The van der Waals surface area contributed by atoms with Crippen molar-refractivity contribution in [3.05, 3.63) is 40.9 Å². The van der Waals surface area contributed by atoms with Gasteiger partial charge in [-0.3, -0.25) is 4.98 Å². The van der Waals surface area contributed by atoms with Gasteiger partial charge in [-0.25, -0.2) is 4.79 Å². The number of hydrogen-bond acceptors (Lipinski definition) is 5. The fraction of sp³-hybridized carbons (Fsp3) is 0.444. The number of alkyl carbamates (subject to hydrolysis) is 1. The van der Waals surface area contributed by atoms with Gasteiger partial charge in [-0.2, -0.15) is 0 Å². The van der Waals surface area contributed by atoms with Crippen molar-refractivity contribution < 1.29 is 9.53 Å². The van der Waals surface area contributed by atoms with Crippen LogP contribution in [0.4, 0.5) is 4.79 Å². The summed E-state index contributed by atoms with van der Waals surface area (Å²) in [5.41, 5.74) is 7.58. The van der Waals surface area contributed by atoms with Gasteiger partial charge in [-0.15, -0.1) is 11.3 Å². The van der Waals surface area contributed by atoms with Crippen LogP contribution in [-0.2, 0) is 11.2 Å². The minimum absolute atomic E-state index is 0.186. The highest BCUT2D eigenvalue weighted by atomic mass is 32.1. The lowest BCUT2D eigenvalue weighted by Gasteiger charge is -2.20. The Labute approximate surface area is 147 Å². The van der Waals surface area contributed by atoms with Crippen molar-refractivity contribution in [1.82, 2.24) is 10.3 Å². The first kappa shape index (κ1) is 18.4. The lowest BCUT2D eigenvalue weighted by molar-refractivity contribution is 0.0524. The number of ether oxygens (including phenoxy) is 1. The summed E-state index contributed by atoms with van der Waals surface area (Å²) in [6.07, 6.45) is 2.05. The first-order valence-corrected chi connectivity index (χ1v) is 8.79. The normalized spacial score (nSPS) is 12.7. The molecule has 0 aromatic carbocycles. The van der Waals surface area contributed by atoms with Gasteiger partial charge in [0.25, 0.3) is 0 Å². The maximum atomic E-state index is 11.6. The third-order valence-electron chi connectivity index (χ3n) is 3.22. The third kappa shape index (κ3) is 5.94. The number of rotatable bonds is 5. The summed E-state index contributed by atoms with van der Waals surface area (Å²) in [5.74, 6) is 0. The summed E-state index contributed by atoms with van der Waals surface area (Å²) in [7, 11) is 0. The number of carbonyl (C=O) groups excluding carboxylic acids is 1. The van der Waals surface area contributed by atoms with Crippen molar-refractivity contribution in [1.29, 1.82) is 0 Å². The molecule has 1 amide bonds. The molecule has 0 aliphatic carbocycles. The largest absolute Gasteiger partial charge is 0.444 e. The molecular formula is C18H25N3O2S. The molecule has 0 saturated carbocycles. The van der Waals surface area contributed by atoms with Crippen molar-refractivity contribution in [3.63, 3.8) is 0 Å². The summed E-state index contributed by atoms with van der Waals surface area (Å²) in [6.45, 7) is 7.93. The maximum absolute atomic E-state index is 11.6. The highest BCUT2D eigenvalue weighted by Gasteiger charge is 2.16. The summed E-state index contributed by atoms with van der Waals surface area (Å²) < 4.78 is 5.19. The zero-order chi connectivity index (χ0) is 17.7. The topological polar surface area (TPSA) is 77.2 Å². The van der Waals surface area contributed by atoms with Gasteiger partial charge in [-0.1, -0.05) is 6.07 Å². The molecule has 1 atom stereocenters. The number of hydrogen-bond donors (Lipinski definition) is 2. The SMILES string of the molecule is Cc1ccc(-c2ccc(CC(N)CNC(=O)OC(C)(C)C)cn2)s1. The summed E-state index contributed by atoms with van der Waals surface area (Å²) >= 11 is 1.73. The van der Waals surface area contributed by atoms with Crippen molar-refractivity contribution >= 4 is 17.4 Å². The average Bonchev–Trinajstić information content (AvgIpc) is 2.91. The van der Waals surface area contributed by atoms with Crippen LogP contribution < -0.4 is 11.1 Å². The minimum atomic E-state index is -0.506. The number of amides is 1. The number of pyridine rings is 1. The molecule has 0 fully saturated rings. The van der Waals surface area contributed by atoms with E-state index in [-0.39, 0.29) is 6.04 Å². The molecule has 0 saturated heterocycles. The number of carbonyl (C=O) groups is 1. The van der Waals surface area contributed by atoms with E-state index in [0.717, 1.165) is 16.1 Å². The summed E-state index contributed by atoms with van der Waals surface area (Å²) in [5, 5.41) is 2.69. The number of aromatic nitrogens is 1. The number of aryl methyl sites for hydroxylation is 1. The van der Waals surface area contributed by atoms with Crippen LogP contribution in [0.5, 0.6) is 0 Å². The van der Waals surface area contributed by atoms with Crippen LogP contribution in [0.2, 0.25) is 0 Å². The molecule has 0 radical (unpaired) electrons. The summed E-state index contributed by atoms with van der Waals surface area (Å²) in [4.78, 5) is 18.6. The van der Waals surface area contributed by atoms with E-state index in [2.05, 4.69) is 29.4 Å². The molecule has 0 aliphatic heterocycles. The zero-order valence-electron chi connectivity index (χ0n) is 14.6. The Bertz CT molecular complexity index is 674. The Morgan fingerprint density at radius 1 is 1.33 bits per heavy atom. The average molecular weight is 347 g/mol. The Morgan fingerprint density at radius 2 is 2.08 bits per heavy atom. The molecule has 1 unspecified atom stereocenters. The highest BCUT2D eigenvalue weighted by molar-refractivity contribution is 7.15. The standard InChI is InChI=1S/C18H25N3O2S/c1-12-5-8-16(24-12)15-7-6-13(10-20-15)9-14(19)11-21-17(22)23-18(2,3)4/h5-8,10,14H,9,11,19H2,1-4H3,(H,21,22). The minimum Gasteiger partial charge on any atom is -0.444 e. The van der Waals surface area contributed by atoms with Crippen LogP contribution in [0.25, 0.3) is 10.6 Å². The molecule has 0 bridgehead atoms. The van der Waals surface area contributed by atoms with E-state index in [4.69, 9.17) is 10.5 Å². The van der Waals surface area contributed by atoms with Crippen molar-refractivity contribution in [2.24, 2.45) is 5.73 Å². The molecular weight excluding hydrogens is 322 g/mol. The van der Waals surface area contributed by atoms with E-state index in [0.29, 0.717) is 13.0 Å². The molecule has 5 nitrogen and oxygen atoms in total. The maximum Gasteiger partial charge on any atom is 0.407 e. The fourth-order valence-electron chi connectivity index (χ4n) is 2.17. The number of nitrogens with zero attached hydrogens (tertiary/aromatic N) is 1. The van der Waals surface area contributed by atoms with Crippen LogP contribution in [0.3, 0.4) is 0 Å². The molecule has 2 aromatic rings. The van der Waals surface area contributed by atoms with Crippen LogP contribution in [0, 0.1) is 6.92 Å². The molecule has 130 valence electrons. The van der Waals surface area contributed by atoms with E-state index in [1.165, 1.54) is 4.88 Å². The fourth-order valence-corrected chi connectivity index (χ4v) is 3.01. The summed E-state index contributed by atoms with van der Waals surface area (Å²) in [6, 6.07) is 8.03. The van der Waals surface area contributed by atoms with E-state index < -0.39 is 11.7 Å². The first-order valence-electron chi connectivity index (χ1n) is 7.97. The van der Waals surface area contributed by atoms with E-state index in [1.54, 1.807) is 11.3 Å². The Hall–Kier alpha value is -1.92. The van der Waals surface area contributed by atoms with Gasteiger partial charge in [0.05, 0.1) is 10.6 Å². The van der Waals surface area contributed by atoms with Gasteiger partial charge in [0.15, 0.2) is 0 Å². The quantitative estimate of drug-likeness (QED) is 0.867. The van der Waals surface area contributed by atoms with E-state index in [9.17, 15) is 4.79 Å². The molecule has 2 aromatic heterocycles. The second kappa shape index (κ2) is 7.77. The predicted octanol–water partition coefficient (Wildman–Crippen LogP) is 3.51. The lowest BCUT2D eigenvalue weighted by atomic mass is 10.1. The van der Waals surface area contributed by atoms with Crippen LogP contribution in [-0.4, -0.2) is 29.3 Å². The molecule has 2 heterocycles. The zero-order valence-corrected chi connectivity index (χ0v) is 15.4. The highest BCUT2D eigenvalue weighted by Crippen LogP contribution is 2.25. The van der Waals surface area contributed by atoms with Gasteiger partial charge in [-0.05, 0) is 57.9 Å². The molecule has 0 spiro atoms. The second-order valence-corrected chi connectivity index (χ2v) is 8.10. The molecule has 0 aliphatic rings. The third-order valence-corrected chi connectivity index (χ3v) is 4.25. The van der Waals surface area contributed by atoms with E-state index in [1.807, 2.05) is 39.1 Å². The first-order chi connectivity index (χ1) is 11.2. The smallest absolute Gasteiger partial charge is 0.407 e. The van der Waals surface area contributed by atoms with Crippen LogP contribution in [0.1, 0.15) is 31.2 Å². The lowest BCUT2D eigenvalue weighted by Crippen LogP contribution is -2.41. The Balaban J connectivity index is 1.84. The van der Waals surface area contributed by atoms with E-state index >= 15 is 0 Å². The Kier molecular flexibility index (Phi) is 5.96.